The van der Waals surface area contributed by atoms with Crippen LogP contribution in [0.5, 0.6) is 0 Å². The molecule has 0 unspecified atom stereocenters. The summed E-state index contributed by atoms with van der Waals surface area (Å²) in [7, 11) is 0. The van der Waals surface area contributed by atoms with Gasteiger partial charge in [0.1, 0.15) is 0 Å². The minimum atomic E-state index is 0.736. The quantitative estimate of drug-likeness (QED) is 0.667. The minimum absolute atomic E-state index is 0.736. The van der Waals surface area contributed by atoms with Gasteiger partial charge in [-0.2, -0.15) is 0 Å². The fraction of sp³-hybridized carbons (Fsp3) is 0.391. The van der Waals surface area contributed by atoms with Crippen molar-refractivity contribution in [2.24, 2.45) is 11.8 Å². The van der Waals surface area contributed by atoms with Crippen molar-refractivity contribution in [2.75, 3.05) is 0 Å². The summed E-state index contributed by atoms with van der Waals surface area (Å²) >= 11 is 0. The third-order valence-corrected chi connectivity index (χ3v) is 5.59. The topological polar surface area (TPSA) is 0 Å². The fourth-order valence-electron chi connectivity index (χ4n) is 3.93. The van der Waals surface area contributed by atoms with Crippen molar-refractivity contribution in [3.05, 3.63) is 70.8 Å². The fourth-order valence-corrected chi connectivity index (χ4v) is 3.93. The van der Waals surface area contributed by atoms with Crippen molar-refractivity contribution >= 4 is 0 Å². The van der Waals surface area contributed by atoms with E-state index >= 15 is 0 Å². The van der Waals surface area contributed by atoms with Crippen LogP contribution in [0.25, 0.3) is 0 Å². The molecule has 0 aliphatic heterocycles. The van der Waals surface area contributed by atoms with Crippen LogP contribution in [0, 0.1) is 23.7 Å². The lowest BCUT2D eigenvalue weighted by Gasteiger charge is -2.27. The molecule has 2 aromatic carbocycles. The van der Waals surface area contributed by atoms with Gasteiger partial charge in [0, 0.05) is 11.1 Å². The second-order valence-electron chi connectivity index (χ2n) is 7.21. The van der Waals surface area contributed by atoms with Gasteiger partial charge in [-0.1, -0.05) is 73.9 Å². The van der Waals surface area contributed by atoms with E-state index in [4.69, 9.17) is 0 Å². The van der Waals surface area contributed by atoms with Crippen molar-refractivity contribution in [2.45, 2.75) is 44.9 Å². The Morgan fingerprint density at radius 2 is 1.22 bits per heavy atom. The van der Waals surface area contributed by atoms with Crippen LogP contribution >= 0.6 is 0 Å². The molecule has 2 aliphatic carbocycles. The van der Waals surface area contributed by atoms with Gasteiger partial charge in [-0.05, 0) is 54.4 Å². The Morgan fingerprint density at radius 1 is 0.696 bits per heavy atom. The predicted octanol–water partition coefficient (Wildman–Crippen LogP) is 5.38. The molecule has 0 nitrogen and oxygen atoms in total. The van der Waals surface area contributed by atoms with Crippen molar-refractivity contribution in [1.82, 2.24) is 0 Å². The molecule has 116 valence electrons. The average Bonchev–Trinajstić information content (AvgIpc) is 2.60. The number of hydrogen-bond donors (Lipinski definition) is 0. The van der Waals surface area contributed by atoms with Gasteiger partial charge < -0.3 is 0 Å². The lowest BCUT2D eigenvalue weighted by atomic mass is 9.78. The monoisotopic (exact) mass is 300 g/mol. The Bertz CT molecular complexity index is 686. The van der Waals surface area contributed by atoms with Gasteiger partial charge in [-0.25, -0.2) is 0 Å². The second kappa shape index (κ2) is 6.63. The lowest BCUT2D eigenvalue weighted by molar-refractivity contribution is 0.268. The van der Waals surface area contributed by atoms with Crippen LogP contribution in [-0.4, -0.2) is 0 Å². The van der Waals surface area contributed by atoms with E-state index in [-0.39, 0.29) is 0 Å². The van der Waals surface area contributed by atoms with Crippen LogP contribution in [0.4, 0.5) is 0 Å². The van der Waals surface area contributed by atoms with Gasteiger partial charge in [0.2, 0.25) is 0 Å². The van der Waals surface area contributed by atoms with Crippen LogP contribution in [0.1, 0.15) is 54.4 Å². The Kier molecular flexibility index (Phi) is 4.20. The van der Waals surface area contributed by atoms with Crippen molar-refractivity contribution in [3.8, 4) is 11.8 Å². The highest BCUT2D eigenvalue weighted by atomic mass is 14.3. The molecule has 0 heteroatoms. The van der Waals surface area contributed by atoms with Crippen LogP contribution in [-0.2, 0) is 12.8 Å². The van der Waals surface area contributed by atoms with Crippen LogP contribution in [0.2, 0.25) is 0 Å². The second-order valence-corrected chi connectivity index (χ2v) is 7.21. The summed E-state index contributed by atoms with van der Waals surface area (Å²) in [5.41, 5.74) is 5.31. The van der Waals surface area contributed by atoms with E-state index in [0.717, 1.165) is 11.8 Å². The summed E-state index contributed by atoms with van der Waals surface area (Å²) in [5.74, 6) is 8.58. The van der Waals surface area contributed by atoms with Crippen LogP contribution < -0.4 is 0 Å². The summed E-state index contributed by atoms with van der Waals surface area (Å²) < 4.78 is 0. The maximum Gasteiger partial charge on any atom is 0.0281 e. The van der Waals surface area contributed by atoms with Gasteiger partial charge in [-0.15, -0.1) is 0 Å². The summed E-state index contributed by atoms with van der Waals surface area (Å²) in [5, 5.41) is 0. The number of rotatable bonds is 3. The predicted molar refractivity (Wildman–Crippen MR) is 96.3 cm³/mol. The summed E-state index contributed by atoms with van der Waals surface area (Å²) in [4.78, 5) is 0. The lowest BCUT2D eigenvalue weighted by Crippen LogP contribution is -2.16. The first-order valence-electron chi connectivity index (χ1n) is 9.06. The first-order valence-corrected chi connectivity index (χ1v) is 9.06. The van der Waals surface area contributed by atoms with E-state index in [2.05, 4.69) is 60.4 Å². The van der Waals surface area contributed by atoms with Gasteiger partial charge in [-0.3, -0.25) is 0 Å². The van der Waals surface area contributed by atoms with Gasteiger partial charge in [0.15, 0.2) is 0 Å². The highest BCUT2D eigenvalue weighted by molar-refractivity contribution is 5.50. The van der Waals surface area contributed by atoms with Gasteiger partial charge in [0.05, 0.1) is 0 Å². The summed E-state index contributed by atoms with van der Waals surface area (Å²) in [6.07, 6.45) is 9.49. The zero-order chi connectivity index (χ0) is 15.5. The van der Waals surface area contributed by atoms with E-state index < -0.39 is 0 Å². The average molecular weight is 300 g/mol. The molecule has 0 heterocycles. The largest absolute Gasteiger partial charge is 0.0619 e. The van der Waals surface area contributed by atoms with Gasteiger partial charge in [0.25, 0.3) is 0 Å². The molecule has 0 spiro atoms. The highest BCUT2D eigenvalue weighted by Crippen LogP contribution is 2.33. The standard InChI is InChI=1S/C23H24/c1-3-10-22-16-19(13-12-18-6-5-7-18)17-23-11-4-2-9-21(23)15-14-20(22)8-1/h1-4,8-11,18-19H,5-7,12-13,16-17H2. The first kappa shape index (κ1) is 14.6. The van der Waals surface area contributed by atoms with Crippen molar-refractivity contribution in [1.29, 1.82) is 0 Å². The Balaban J connectivity index is 1.64. The molecule has 1 fully saturated rings. The van der Waals surface area contributed by atoms with E-state index in [1.54, 1.807) is 0 Å². The summed E-state index contributed by atoms with van der Waals surface area (Å²) in [6, 6.07) is 17.5. The molecular formula is C23H24. The molecule has 0 aromatic heterocycles. The smallest absolute Gasteiger partial charge is 0.0281 e. The maximum atomic E-state index is 3.42. The van der Waals surface area contributed by atoms with E-state index in [9.17, 15) is 0 Å². The molecule has 1 saturated carbocycles. The molecule has 0 saturated heterocycles. The van der Waals surface area contributed by atoms with E-state index in [1.165, 1.54) is 67.2 Å². The molecule has 2 aliphatic rings. The van der Waals surface area contributed by atoms with Crippen molar-refractivity contribution in [3.63, 3.8) is 0 Å². The number of fused-ring (bicyclic) bond motifs is 2. The van der Waals surface area contributed by atoms with Crippen LogP contribution in [0.3, 0.4) is 0 Å². The van der Waals surface area contributed by atoms with E-state index in [0.29, 0.717) is 0 Å². The molecule has 0 amide bonds. The Hall–Kier alpha value is -2.00. The minimum Gasteiger partial charge on any atom is -0.0619 e. The normalized spacial score (nSPS) is 17.6. The van der Waals surface area contributed by atoms with Crippen molar-refractivity contribution < 1.29 is 0 Å². The molecule has 0 radical (unpaired) electrons. The SMILES string of the molecule is C1#Cc2ccccc2CC(CCC2CCC2)Cc2ccccc21. The molecule has 23 heavy (non-hydrogen) atoms. The van der Waals surface area contributed by atoms with Gasteiger partial charge >= 0.3 is 0 Å². The Morgan fingerprint density at radius 3 is 1.74 bits per heavy atom. The zero-order valence-corrected chi connectivity index (χ0v) is 13.7. The third-order valence-electron chi connectivity index (χ3n) is 5.59. The molecule has 4 rings (SSSR count). The first-order chi connectivity index (χ1) is 11.4. The summed E-state index contributed by atoms with van der Waals surface area (Å²) in [6.45, 7) is 0. The number of hydrogen-bond acceptors (Lipinski definition) is 0. The van der Waals surface area contributed by atoms with Crippen LogP contribution in [0.15, 0.2) is 48.5 Å². The third kappa shape index (κ3) is 3.35. The molecule has 0 atom stereocenters. The van der Waals surface area contributed by atoms with E-state index in [1.807, 2.05) is 0 Å². The highest BCUT2D eigenvalue weighted by Gasteiger charge is 2.21. The Labute approximate surface area is 139 Å². The molecule has 0 bridgehead atoms. The number of benzene rings is 2. The molecule has 0 N–H and O–H groups in total. The zero-order valence-electron chi connectivity index (χ0n) is 13.7. The molecular weight excluding hydrogens is 276 g/mol. The maximum absolute atomic E-state index is 3.42. The molecule has 2 aromatic rings.